The average Bonchev–Trinajstić information content (AvgIpc) is 2.51. The van der Waals surface area contributed by atoms with Crippen LogP contribution in [0.25, 0.3) is 0 Å². The number of carbonyl (C=O) groups excluding carboxylic acids is 2. The second kappa shape index (κ2) is 7.54. The lowest BCUT2D eigenvalue weighted by atomic mass is 10.1. The number of halogens is 2. The highest BCUT2D eigenvalue weighted by molar-refractivity contribution is 5.95. The smallest absolute Gasteiger partial charge is 0.272 e. The number of carbonyl (C=O) groups is 2. The highest BCUT2D eigenvalue weighted by Crippen LogP contribution is 2.15. The number of nitrogens with one attached hydrogen (secondary N) is 3. The van der Waals surface area contributed by atoms with Gasteiger partial charge in [0, 0.05) is 11.8 Å². The number of hydrogen-bond acceptors (Lipinski definition) is 3. The highest BCUT2D eigenvalue weighted by Gasteiger charge is 2.13. The van der Waals surface area contributed by atoms with Crippen molar-refractivity contribution in [3.63, 3.8) is 0 Å². The number of rotatable bonds is 4. The monoisotopic (exact) mass is 333 g/mol. The van der Waals surface area contributed by atoms with E-state index in [1.54, 1.807) is 0 Å². The highest BCUT2D eigenvalue weighted by atomic mass is 19.1. The first-order valence-electron chi connectivity index (χ1n) is 7.22. The van der Waals surface area contributed by atoms with Crippen molar-refractivity contribution in [1.29, 1.82) is 0 Å². The molecule has 0 aliphatic carbocycles. The van der Waals surface area contributed by atoms with Crippen LogP contribution in [-0.4, -0.2) is 18.4 Å². The van der Waals surface area contributed by atoms with Crippen molar-refractivity contribution in [3.8, 4) is 0 Å². The van der Waals surface area contributed by atoms with Gasteiger partial charge in [0.1, 0.15) is 11.6 Å². The fraction of sp³-hybridized carbons (Fsp3) is 0.176. The molecule has 0 saturated carbocycles. The van der Waals surface area contributed by atoms with Crippen LogP contribution in [0.1, 0.15) is 21.5 Å². The van der Waals surface area contributed by atoms with Crippen molar-refractivity contribution in [1.82, 2.24) is 10.9 Å². The van der Waals surface area contributed by atoms with Gasteiger partial charge in [-0.15, -0.1) is 0 Å². The molecule has 2 aromatic rings. The van der Waals surface area contributed by atoms with Gasteiger partial charge in [0.15, 0.2) is 0 Å². The molecule has 0 bridgehead atoms. The molecule has 126 valence electrons. The third kappa shape index (κ3) is 4.52. The van der Waals surface area contributed by atoms with Crippen LogP contribution in [0.2, 0.25) is 0 Å². The molecule has 0 spiro atoms. The standard InChI is InChI=1S/C17H17F2N3O2/c1-10-3-6-15(11(2)7-10)20-9-16(23)21-22-17(24)13-5-4-12(18)8-14(13)19/h3-8,20H,9H2,1-2H3,(H,21,23)(H,22,24). The third-order valence-electron chi connectivity index (χ3n) is 3.31. The molecular formula is C17H17F2N3O2. The lowest BCUT2D eigenvalue weighted by Gasteiger charge is -2.11. The molecule has 3 N–H and O–H groups in total. The quantitative estimate of drug-likeness (QED) is 0.753. The van der Waals surface area contributed by atoms with Gasteiger partial charge in [-0.25, -0.2) is 8.78 Å². The van der Waals surface area contributed by atoms with Gasteiger partial charge in [0.2, 0.25) is 0 Å². The molecule has 0 aliphatic heterocycles. The largest absolute Gasteiger partial charge is 0.376 e. The fourth-order valence-corrected chi connectivity index (χ4v) is 2.10. The van der Waals surface area contributed by atoms with Crippen LogP contribution in [0.4, 0.5) is 14.5 Å². The summed E-state index contributed by atoms with van der Waals surface area (Å²) in [5.41, 5.74) is 6.77. The molecule has 0 atom stereocenters. The predicted octanol–water partition coefficient (Wildman–Crippen LogP) is 2.45. The Labute approximate surface area is 138 Å². The number of aryl methyl sites for hydroxylation is 2. The van der Waals surface area contributed by atoms with Gasteiger partial charge in [-0.2, -0.15) is 0 Å². The van der Waals surface area contributed by atoms with Gasteiger partial charge in [-0.05, 0) is 37.6 Å². The Morgan fingerprint density at radius 2 is 1.75 bits per heavy atom. The minimum atomic E-state index is -1.00. The van der Waals surface area contributed by atoms with Crippen LogP contribution in [0.15, 0.2) is 36.4 Å². The van der Waals surface area contributed by atoms with E-state index >= 15 is 0 Å². The summed E-state index contributed by atoms with van der Waals surface area (Å²) in [7, 11) is 0. The van der Waals surface area contributed by atoms with Crippen LogP contribution in [0.5, 0.6) is 0 Å². The minimum Gasteiger partial charge on any atom is -0.376 e. The number of benzene rings is 2. The summed E-state index contributed by atoms with van der Waals surface area (Å²) in [6.45, 7) is 3.80. The molecule has 0 aliphatic rings. The van der Waals surface area contributed by atoms with Crippen molar-refractivity contribution >= 4 is 17.5 Å². The first-order valence-corrected chi connectivity index (χ1v) is 7.22. The van der Waals surface area contributed by atoms with Crippen molar-refractivity contribution in [2.75, 3.05) is 11.9 Å². The zero-order valence-corrected chi connectivity index (χ0v) is 13.2. The van der Waals surface area contributed by atoms with E-state index in [9.17, 15) is 18.4 Å². The average molecular weight is 333 g/mol. The molecule has 2 rings (SSSR count). The normalized spacial score (nSPS) is 10.2. The molecule has 7 heteroatoms. The summed E-state index contributed by atoms with van der Waals surface area (Å²) < 4.78 is 26.2. The fourth-order valence-electron chi connectivity index (χ4n) is 2.10. The van der Waals surface area contributed by atoms with Crippen LogP contribution in [0, 0.1) is 25.5 Å². The SMILES string of the molecule is Cc1ccc(NCC(=O)NNC(=O)c2ccc(F)cc2F)c(C)c1. The number of amides is 2. The van der Waals surface area contributed by atoms with E-state index in [2.05, 4.69) is 16.2 Å². The molecule has 0 unspecified atom stereocenters. The first kappa shape index (κ1) is 17.4. The maximum Gasteiger partial charge on any atom is 0.272 e. The molecule has 0 radical (unpaired) electrons. The van der Waals surface area contributed by atoms with Crippen LogP contribution in [-0.2, 0) is 4.79 Å². The third-order valence-corrected chi connectivity index (χ3v) is 3.31. The number of hydrogen-bond donors (Lipinski definition) is 3. The van der Waals surface area contributed by atoms with Gasteiger partial charge in [0.05, 0.1) is 12.1 Å². The number of anilines is 1. The first-order chi connectivity index (χ1) is 11.4. The van der Waals surface area contributed by atoms with Crippen molar-refractivity contribution in [2.45, 2.75) is 13.8 Å². The van der Waals surface area contributed by atoms with Crippen LogP contribution >= 0.6 is 0 Å². The molecular weight excluding hydrogens is 316 g/mol. The zero-order chi connectivity index (χ0) is 17.7. The second-order valence-electron chi connectivity index (χ2n) is 5.30. The Hall–Kier alpha value is -2.96. The van der Waals surface area contributed by atoms with E-state index in [0.29, 0.717) is 6.07 Å². The van der Waals surface area contributed by atoms with E-state index in [1.165, 1.54) is 0 Å². The Kier molecular flexibility index (Phi) is 5.47. The summed E-state index contributed by atoms with van der Waals surface area (Å²) in [4.78, 5) is 23.5. The molecule has 0 fully saturated rings. The maximum atomic E-state index is 13.4. The van der Waals surface area contributed by atoms with Crippen LogP contribution in [0.3, 0.4) is 0 Å². The molecule has 24 heavy (non-hydrogen) atoms. The topological polar surface area (TPSA) is 70.2 Å². The summed E-state index contributed by atoms with van der Waals surface area (Å²) in [5, 5.41) is 2.94. The van der Waals surface area contributed by atoms with E-state index < -0.39 is 23.4 Å². The molecule has 2 aromatic carbocycles. The molecule has 0 aromatic heterocycles. The van der Waals surface area contributed by atoms with Crippen molar-refractivity contribution < 1.29 is 18.4 Å². The summed E-state index contributed by atoms with van der Waals surface area (Å²) in [5.74, 6) is -3.17. The minimum absolute atomic E-state index is 0.0733. The number of hydrazine groups is 1. The van der Waals surface area contributed by atoms with Gasteiger partial charge in [0.25, 0.3) is 11.8 Å². The van der Waals surface area contributed by atoms with E-state index in [-0.39, 0.29) is 12.1 Å². The zero-order valence-electron chi connectivity index (χ0n) is 13.2. The Morgan fingerprint density at radius 3 is 2.42 bits per heavy atom. The van der Waals surface area contributed by atoms with Gasteiger partial charge in [-0.1, -0.05) is 17.7 Å². The molecule has 0 heterocycles. The van der Waals surface area contributed by atoms with Crippen LogP contribution < -0.4 is 16.2 Å². The lowest BCUT2D eigenvalue weighted by Crippen LogP contribution is -2.44. The Morgan fingerprint density at radius 1 is 1.00 bits per heavy atom. The maximum absolute atomic E-state index is 13.4. The molecule has 2 amide bonds. The van der Waals surface area contributed by atoms with E-state index in [4.69, 9.17) is 0 Å². The second-order valence-corrected chi connectivity index (χ2v) is 5.30. The molecule has 0 saturated heterocycles. The van der Waals surface area contributed by atoms with Gasteiger partial charge >= 0.3 is 0 Å². The predicted molar refractivity (Wildman–Crippen MR) is 86.4 cm³/mol. The van der Waals surface area contributed by atoms with Crippen molar-refractivity contribution in [3.05, 3.63) is 64.7 Å². The van der Waals surface area contributed by atoms with Crippen molar-refractivity contribution in [2.24, 2.45) is 0 Å². The molecule has 5 nitrogen and oxygen atoms in total. The Balaban J connectivity index is 1.85. The summed E-state index contributed by atoms with van der Waals surface area (Å²) in [6.07, 6.45) is 0. The van der Waals surface area contributed by atoms with Gasteiger partial charge < -0.3 is 5.32 Å². The summed E-state index contributed by atoms with van der Waals surface area (Å²) in [6, 6.07) is 8.29. The Bertz CT molecular complexity index is 778. The van der Waals surface area contributed by atoms with E-state index in [0.717, 1.165) is 28.9 Å². The van der Waals surface area contributed by atoms with E-state index in [1.807, 2.05) is 32.0 Å². The summed E-state index contributed by atoms with van der Waals surface area (Å²) >= 11 is 0. The van der Waals surface area contributed by atoms with Gasteiger partial charge in [-0.3, -0.25) is 20.4 Å². The lowest BCUT2D eigenvalue weighted by molar-refractivity contribution is -0.120.